The van der Waals surface area contributed by atoms with Gasteiger partial charge in [0.1, 0.15) is 11.4 Å². The van der Waals surface area contributed by atoms with E-state index < -0.39 is 5.97 Å². The Morgan fingerprint density at radius 2 is 2.21 bits per heavy atom. The Morgan fingerprint density at radius 1 is 1.47 bits per heavy atom. The Kier molecular flexibility index (Phi) is 4.21. The molecule has 2 heterocycles. The molecular formula is C13H13BrN2O2S. The number of nitrogens with zero attached hydrogens (tertiary/aromatic N) is 1. The summed E-state index contributed by atoms with van der Waals surface area (Å²) >= 11 is 5.00. The van der Waals surface area contributed by atoms with E-state index in [0.29, 0.717) is 12.4 Å². The van der Waals surface area contributed by atoms with Crippen LogP contribution in [0.15, 0.2) is 22.0 Å². The molecule has 19 heavy (non-hydrogen) atoms. The number of carboxylic acids is 1. The monoisotopic (exact) mass is 340 g/mol. The van der Waals surface area contributed by atoms with Crippen LogP contribution in [0.4, 0.5) is 5.82 Å². The summed E-state index contributed by atoms with van der Waals surface area (Å²) in [6, 6.07) is 3.77. The second-order valence-electron chi connectivity index (χ2n) is 4.19. The third-order valence-corrected chi connectivity index (χ3v) is 4.31. The van der Waals surface area contributed by atoms with Gasteiger partial charge in [-0.25, -0.2) is 9.78 Å². The van der Waals surface area contributed by atoms with E-state index >= 15 is 0 Å². The number of aromatic nitrogens is 1. The lowest BCUT2D eigenvalue weighted by Crippen LogP contribution is -2.10. The van der Waals surface area contributed by atoms with Crippen LogP contribution in [0.25, 0.3) is 0 Å². The minimum Gasteiger partial charge on any atom is -0.478 e. The minimum atomic E-state index is -0.958. The van der Waals surface area contributed by atoms with Gasteiger partial charge in [0.2, 0.25) is 0 Å². The standard InChI is InChI=1S/C13H13BrN2O2S/c1-7-3-8(2)16-12(11(7)13(17)18)15-5-10-4-9(14)6-19-10/h3-4,6H,5H2,1-2H3,(H,15,16)(H,17,18). The van der Waals surface area contributed by atoms with Crippen LogP contribution >= 0.6 is 27.3 Å². The zero-order valence-corrected chi connectivity index (χ0v) is 12.9. The van der Waals surface area contributed by atoms with Gasteiger partial charge >= 0.3 is 5.97 Å². The zero-order chi connectivity index (χ0) is 14.0. The Hall–Kier alpha value is -1.40. The van der Waals surface area contributed by atoms with Crippen LogP contribution in [0.3, 0.4) is 0 Å². The molecule has 0 bridgehead atoms. The van der Waals surface area contributed by atoms with Crippen LogP contribution in [0.2, 0.25) is 0 Å². The van der Waals surface area contributed by atoms with E-state index in [1.807, 2.05) is 18.4 Å². The molecule has 2 N–H and O–H groups in total. The minimum absolute atomic E-state index is 0.237. The molecule has 100 valence electrons. The van der Waals surface area contributed by atoms with Gasteiger partial charge in [-0.15, -0.1) is 11.3 Å². The SMILES string of the molecule is Cc1cc(C)c(C(=O)O)c(NCc2cc(Br)cs2)n1. The van der Waals surface area contributed by atoms with Crippen molar-refractivity contribution in [3.8, 4) is 0 Å². The van der Waals surface area contributed by atoms with Crippen LogP contribution in [-0.4, -0.2) is 16.1 Å². The summed E-state index contributed by atoms with van der Waals surface area (Å²) in [6.07, 6.45) is 0. The fourth-order valence-corrected chi connectivity index (χ4v) is 3.24. The number of anilines is 1. The Morgan fingerprint density at radius 3 is 2.79 bits per heavy atom. The number of thiophene rings is 1. The molecule has 6 heteroatoms. The van der Waals surface area contributed by atoms with Gasteiger partial charge in [0, 0.05) is 20.4 Å². The van der Waals surface area contributed by atoms with Crippen LogP contribution < -0.4 is 5.32 Å². The number of hydrogen-bond donors (Lipinski definition) is 2. The summed E-state index contributed by atoms with van der Waals surface area (Å²) in [5, 5.41) is 14.3. The van der Waals surface area contributed by atoms with E-state index in [9.17, 15) is 9.90 Å². The highest BCUT2D eigenvalue weighted by molar-refractivity contribution is 9.10. The van der Waals surface area contributed by atoms with Crippen molar-refractivity contribution in [2.45, 2.75) is 20.4 Å². The van der Waals surface area contributed by atoms with E-state index in [2.05, 4.69) is 26.2 Å². The van der Waals surface area contributed by atoms with Crippen LogP contribution in [0.1, 0.15) is 26.5 Å². The average molecular weight is 341 g/mol. The van der Waals surface area contributed by atoms with Gasteiger partial charge in [-0.05, 0) is 47.5 Å². The quantitative estimate of drug-likeness (QED) is 0.887. The molecule has 0 saturated carbocycles. The van der Waals surface area contributed by atoms with Gasteiger partial charge < -0.3 is 10.4 Å². The van der Waals surface area contributed by atoms with E-state index in [0.717, 1.165) is 20.6 Å². The van der Waals surface area contributed by atoms with Crippen LogP contribution in [-0.2, 0) is 6.54 Å². The van der Waals surface area contributed by atoms with Gasteiger partial charge in [0.05, 0.1) is 6.54 Å². The van der Waals surface area contributed by atoms with Crippen molar-refractivity contribution < 1.29 is 9.90 Å². The highest BCUT2D eigenvalue weighted by atomic mass is 79.9. The summed E-state index contributed by atoms with van der Waals surface area (Å²) in [5.74, 6) is -0.533. The fraction of sp³-hybridized carbons (Fsp3) is 0.231. The molecule has 4 nitrogen and oxygen atoms in total. The van der Waals surface area contributed by atoms with E-state index in [-0.39, 0.29) is 5.56 Å². The van der Waals surface area contributed by atoms with Crippen molar-refractivity contribution in [3.05, 3.63) is 43.7 Å². The molecule has 0 aliphatic rings. The van der Waals surface area contributed by atoms with Gasteiger partial charge in [-0.2, -0.15) is 0 Å². The summed E-state index contributed by atoms with van der Waals surface area (Å²) in [7, 11) is 0. The van der Waals surface area contributed by atoms with E-state index in [1.54, 1.807) is 24.3 Å². The number of carbonyl (C=O) groups is 1. The van der Waals surface area contributed by atoms with Crippen molar-refractivity contribution >= 4 is 39.1 Å². The number of halogens is 1. The molecule has 0 aromatic carbocycles. The summed E-state index contributed by atoms with van der Waals surface area (Å²) in [6.45, 7) is 4.20. The number of nitrogens with one attached hydrogen (secondary N) is 1. The second kappa shape index (κ2) is 5.71. The van der Waals surface area contributed by atoms with Crippen molar-refractivity contribution in [2.24, 2.45) is 0 Å². The highest BCUT2D eigenvalue weighted by Gasteiger charge is 2.15. The first-order valence-electron chi connectivity index (χ1n) is 5.65. The lowest BCUT2D eigenvalue weighted by atomic mass is 10.1. The van der Waals surface area contributed by atoms with Crippen molar-refractivity contribution in [1.82, 2.24) is 4.98 Å². The van der Waals surface area contributed by atoms with Crippen LogP contribution in [0, 0.1) is 13.8 Å². The number of pyridine rings is 1. The average Bonchev–Trinajstić information content (AvgIpc) is 2.71. The van der Waals surface area contributed by atoms with E-state index in [4.69, 9.17) is 0 Å². The molecule has 0 aliphatic carbocycles. The molecular weight excluding hydrogens is 328 g/mol. The number of rotatable bonds is 4. The van der Waals surface area contributed by atoms with Crippen molar-refractivity contribution in [1.29, 1.82) is 0 Å². The number of hydrogen-bond acceptors (Lipinski definition) is 4. The molecule has 2 rings (SSSR count). The zero-order valence-electron chi connectivity index (χ0n) is 10.5. The first-order chi connectivity index (χ1) is 8.97. The molecule has 0 spiro atoms. The Balaban J connectivity index is 2.26. The predicted octanol–water partition coefficient (Wildman–Crippen LogP) is 3.83. The van der Waals surface area contributed by atoms with Gasteiger partial charge in [-0.1, -0.05) is 0 Å². The fourth-order valence-electron chi connectivity index (χ4n) is 1.85. The van der Waals surface area contributed by atoms with E-state index in [1.165, 1.54) is 0 Å². The predicted molar refractivity (Wildman–Crippen MR) is 80.0 cm³/mol. The van der Waals surface area contributed by atoms with Crippen molar-refractivity contribution in [3.63, 3.8) is 0 Å². The topological polar surface area (TPSA) is 62.2 Å². The van der Waals surface area contributed by atoms with Gasteiger partial charge in [-0.3, -0.25) is 0 Å². The third kappa shape index (κ3) is 3.33. The van der Waals surface area contributed by atoms with Gasteiger partial charge in [0.15, 0.2) is 0 Å². The number of aromatic carboxylic acids is 1. The first-order valence-corrected chi connectivity index (χ1v) is 7.33. The molecule has 0 radical (unpaired) electrons. The maximum atomic E-state index is 11.3. The Labute approximate surface area is 123 Å². The van der Waals surface area contributed by atoms with Crippen LogP contribution in [0.5, 0.6) is 0 Å². The lowest BCUT2D eigenvalue weighted by molar-refractivity contribution is 0.0697. The first kappa shape index (κ1) is 14.0. The summed E-state index contributed by atoms with van der Waals surface area (Å²) in [5.41, 5.74) is 1.76. The summed E-state index contributed by atoms with van der Waals surface area (Å²) < 4.78 is 1.03. The molecule has 2 aromatic heterocycles. The molecule has 0 fully saturated rings. The normalized spacial score (nSPS) is 10.5. The maximum absolute atomic E-state index is 11.3. The second-order valence-corrected chi connectivity index (χ2v) is 6.11. The molecule has 0 unspecified atom stereocenters. The molecule has 0 saturated heterocycles. The highest BCUT2D eigenvalue weighted by Crippen LogP contribution is 2.23. The largest absolute Gasteiger partial charge is 0.478 e. The molecule has 2 aromatic rings. The van der Waals surface area contributed by atoms with Gasteiger partial charge in [0.25, 0.3) is 0 Å². The lowest BCUT2D eigenvalue weighted by Gasteiger charge is -2.11. The smallest absolute Gasteiger partial charge is 0.339 e. The number of carboxylic acid groups (broad SMARTS) is 1. The number of aryl methyl sites for hydroxylation is 2. The molecule has 0 aliphatic heterocycles. The van der Waals surface area contributed by atoms with Crippen molar-refractivity contribution in [2.75, 3.05) is 5.32 Å². The summed E-state index contributed by atoms with van der Waals surface area (Å²) in [4.78, 5) is 16.7. The molecule has 0 amide bonds. The third-order valence-electron chi connectivity index (χ3n) is 2.61. The molecule has 0 atom stereocenters. The maximum Gasteiger partial charge on any atom is 0.339 e. The Bertz CT molecular complexity index is 625.